The maximum Gasteiger partial charge on any atom is 0.358 e. The summed E-state index contributed by atoms with van der Waals surface area (Å²) in [4.78, 5) is 11.1. The second kappa shape index (κ2) is 4.44. The molecule has 1 saturated carbocycles. The summed E-state index contributed by atoms with van der Waals surface area (Å²) in [5, 5.41) is 19.8. The number of hydrogen-bond donors (Lipinski definition) is 2. The Hall–Kier alpha value is -1.69. The van der Waals surface area contributed by atoms with E-state index in [-0.39, 0.29) is 17.8 Å². The van der Waals surface area contributed by atoms with E-state index < -0.39 is 5.97 Å². The zero-order chi connectivity index (χ0) is 11.5. The predicted octanol–water partition coefficient (Wildman–Crippen LogP) is 0.198. The van der Waals surface area contributed by atoms with Gasteiger partial charge in [-0.25, -0.2) is 4.79 Å². The number of aromatic nitrogens is 2. The first-order chi connectivity index (χ1) is 7.69. The van der Waals surface area contributed by atoms with Crippen molar-refractivity contribution in [1.29, 1.82) is 0 Å². The van der Waals surface area contributed by atoms with E-state index in [9.17, 15) is 4.79 Å². The van der Waals surface area contributed by atoms with Crippen molar-refractivity contribution in [1.82, 2.24) is 10.2 Å². The normalized spacial score (nSPS) is 23.4. The van der Waals surface area contributed by atoms with E-state index in [1.807, 2.05) is 0 Å². The van der Waals surface area contributed by atoms with Gasteiger partial charge >= 0.3 is 5.97 Å². The molecule has 0 bridgehead atoms. The third-order valence-corrected chi connectivity index (χ3v) is 2.52. The van der Waals surface area contributed by atoms with Crippen LogP contribution in [0.25, 0.3) is 0 Å². The highest BCUT2D eigenvalue weighted by molar-refractivity contribution is 5.86. The van der Waals surface area contributed by atoms with Crippen molar-refractivity contribution >= 4 is 11.8 Å². The van der Waals surface area contributed by atoms with Crippen LogP contribution in [0.5, 0.6) is 0 Å². The van der Waals surface area contributed by atoms with Gasteiger partial charge in [-0.3, -0.25) is 0 Å². The minimum atomic E-state index is -0.502. The summed E-state index contributed by atoms with van der Waals surface area (Å²) < 4.78 is 4.51. The molecule has 1 aliphatic carbocycles. The van der Waals surface area contributed by atoms with Crippen LogP contribution in [-0.4, -0.2) is 40.5 Å². The number of nitrogens with zero attached hydrogens (tertiary/aromatic N) is 2. The van der Waals surface area contributed by atoms with Gasteiger partial charge in [0.05, 0.1) is 13.2 Å². The summed E-state index contributed by atoms with van der Waals surface area (Å²) in [7, 11) is 1.30. The highest BCUT2D eigenvalue weighted by Gasteiger charge is 2.27. The van der Waals surface area contributed by atoms with E-state index in [2.05, 4.69) is 20.3 Å². The topological polar surface area (TPSA) is 84.3 Å². The van der Waals surface area contributed by atoms with Crippen LogP contribution in [0.4, 0.5) is 5.82 Å². The Kier molecular flexibility index (Phi) is 3.00. The molecule has 6 heteroatoms. The lowest BCUT2D eigenvalue weighted by molar-refractivity contribution is 0.0593. The minimum absolute atomic E-state index is 0.182. The third-order valence-electron chi connectivity index (χ3n) is 2.52. The molecule has 1 aromatic heterocycles. The monoisotopic (exact) mass is 223 g/mol. The van der Waals surface area contributed by atoms with Gasteiger partial charge in [0.15, 0.2) is 5.69 Å². The van der Waals surface area contributed by atoms with Crippen LogP contribution in [0.15, 0.2) is 12.1 Å². The first kappa shape index (κ1) is 10.8. The Morgan fingerprint density at radius 1 is 1.50 bits per heavy atom. The van der Waals surface area contributed by atoms with Crippen LogP contribution in [-0.2, 0) is 4.74 Å². The molecule has 2 rings (SSSR count). The third kappa shape index (κ3) is 2.27. The molecule has 1 aromatic rings. The highest BCUT2D eigenvalue weighted by atomic mass is 16.5. The fourth-order valence-corrected chi connectivity index (χ4v) is 1.54. The average molecular weight is 223 g/mol. The summed E-state index contributed by atoms with van der Waals surface area (Å²) in [6.07, 6.45) is 1.24. The van der Waals surface area contributed by atoms with Crippen molar-refractivity contribution in [3.63, 3.8) is 0 Å². The Labute approximate surface area is 92.6 Å². The zero-order valence-corrected chi connectivity index (χ0v) is 8.88. The molecule has 1 fully saturated rings. The summed E-state index contributed by atoms with van der Waals surface area (Å²) in [5.41, 5.74) is 0.182. The molecule has 86 valence electrons. The molecule has 0 unspecified atom stereocenters. The molecular formula is C10H13N3O3. The molecule has 1 aliphatic rings. The smallest absolute Gasteiger partial charge is 0.358 e. The standard InChI is InChI=1S/C10H13N3O3/c1-16-10(15)8-2-3-9(13-12-8)11-6-4-7(14)5-6/h2-3,6-7,14H,4-5H2,1H3,(H,11,13). The molecule has 0 saturated heterocycles. The van der Waals surface area contributed by atoms with Crippen molar-refractivity contribution in [2.24, 2.45) is 0 Å². The van der Waals surface area contributed by atoms with Crippen LogP contribution in [0.1, 0.15) is 23.3 Å². The summed E-state index contributed by atoms with van der Waals surface area (Å²) in [6, 6.07) is 3.47. The van der Waals surface area contributed by atoms with Gasteiger partial charge in [0.2, 0.25) is 0 Å². The molecule has 0 amide bonds. The number of anilines is 1. The average Bonchev–Trinajstić information content (AvgIpc) is 2.27. The quantitative estimate of drug-likeness (QED) is 0.712. The SMILES string of the molecule is COC(=O)c1ccc(NC2CC(O)C2)nn1. The molecular weight excluding hydrogens is 210 g/mol. The largest absolute Gasteiger partial charge is 0.464 e. The lowest BCUT2D eigenvalue weighted by atomic mass is 9.89. The molecule has 0 aromatic carbocycles. The summed E-state index contributed by atoms with van der Waals surface area (Å²) in [5.74, 6) is 0.0997. The number of carbonyl (C=O) groups is 1. The molecule has 0 atom stereocenters. The van der Waals surface area contributed by atoms with E-state index in [1.165, 1.54) is 7.11 Å². The van der Waals surface area contributed by atoms with Crippen LogP contribution in [0.2, 0.25) is 0 Å². The first-order valence-electron chi connectivity index (χ1n) is 5.05. The minimum Gasteiger partial charge on any atom is -0.464 e. The van der Waals surface area contributed by atoms with Crippen LogP contribution in [0.3, 0.4) is 0 Å². The van der Waals surface area contributed by atoms with Gasteiger partial charge in [0, 0.05) is 6.04 Å². The van der Waals surface area contributed by atoms with E-state index >= 15 is 0 Å². The maximum absolute atomic E-state index is 11.1. The van der Waals surface area contributed by atoms with Gasteiger partial charge in [-0.2, -0.15) is 0 Å². The lowest BCUT2D eigenvalue weighted by Crippen LogP contribution is -2.39. The molecule has 0 aliphatic heterocycles. The number of aliphatic hydroxyl groups is 1. The fourth-order valence-electron chi connectivity index (χ4n) is 1.54. The van der Waals surface area contributed by atoms with Crippen molar-refractivity contribution in [2.45, 2.75) is 25.0 Å². The van der Waals surface area contributed by atoms with Crippen molar-refractivity contribution in [3.8, 4) is 0 Å². The number of esters is 1. The Morgan fingerprint density at radius 2 is 2.25 bits per heavy atom. The van der Waals surface area contributed by atoms with Crippen LogP contribution >= 0.6 is 0 Å². The van der Waals surface area contributed by atoms with E-state index in [1.54, 1.807) is 12.1 Å². The first-order valence-corrected chi connectivity index (χ1v) is 5.05. The molecule has 6 nitrogen and oxygen atoms in total. The maximum atomic E-state index is 11.1. The number of nitrogens with one attached hydrogen (secondary N) is 1. The van der Waals surface area contributed by atoms with Gasteiger partial charge in [-0.1, -0.05) is 0 Å². The second-order valence-electron chi connectivity index (χ2n) is 3.76. The number of hydrogen-bond acceptors (Lipinski definition) is 6. The number of aliphatic hydroxyl groups excluding tert-OH is 1. The van der Waals surface area contributed by atoms with Crippen molar-refractivity contribution in [2.75, 3.05) is 12.4 Å². The molecule has 1 heterocycles. The predicted molar refractivity (Wildman–Crippen MR) is 56.0 cm³/mol. The highest BCUT2D eigenvalue weighted by Crippen LogP contribution is 2.22. The van der Waals surface area contributed by atoms with Gasteiger partial charge < -0.3 is 15.2 Å². The van der Waals surface area contributed by atoms with Crippen molar-refractivity contribution in [3.05, 3.63) is 17.8 Å². The zero-order valence-electron chi connectivity index (χ0n) is 8.88. The molecule has 0 radical (unpaired) electrons. The molecule has 2 N–H and O–H groups in total. The van der Waals surface area contributed by atoms with E-state index in [4.69, 9.17) is 5.11 Å². The number of carbonyl (C=O) groups excluding carboxylic acids is 1. The molecule has 0 spiro atoms. The van der Waals surface area contributed by atoms with Crippen molar-refractivity contribution < 1.29 is 14.6 Å². The van der Waals surface area contributed by atoms with Gasteiger partial charge in [-0.15, -0.1) is 10.2 Å². The lowest BCUT2D eigenvalue weighted by Gasteiger charge is -2.32. The van der Waals surface area contributed by atoms with Crippen LogP contribution < -0.4 is 5.32 Å². The number of rotatable bonds is 3. The second-order valence-corrected chi connectivity index (χ2v) is 3.76. The Balaban J connectivity index is 1.94. The number of ether oxygens (including phenoxy) is 1. The summed E-state index contributed by atoms with van der Waals surface area (Å²) >= 11 is 0. The van der Waals surface area contributed by atoms with Gasteiger partial charge in [-0.05, 0) is 25.0 Å². The van der Waals surface area contributed by atoms with E-state index in [0.29, 0.717) is 5.82 Å². The van der Waals surface area contributed by atoms with Gasteiger partial charge in [0.25, 0.3) is 0 Å². The van der Waals surface area contributed by atoms with Gasteiger partial charge in [0.1, 0.15) is 5.82 Å². The Bertz CT molecular complexity index is 373. The fraction of sp³-hybridized carbons (Fsp3) is 0.500. The number of methoxy groups -OCH3 is 1. The van der Waals surface area contributed by atoms with Crippen LogP contribution in [0, 0.1) is 0 Å². The Morgan fingerprint density at radius 3 is 2.75 bits per heavy atom. The molecule has 16 heavy (non-hydrogen) atoms. The summed E-state index contributed by atoms with van der Waals surface area (Å²) in [6.45, 7) is 0. The van der Waals surface area contributed by atoms with E-state index in [0.717, 1.165) is 12.8 Å².